The smallest absolute Gasteiger partial charge is 0.254 e. The van der Waals surface area contributed by atoms with Crippen LogP contribution in [0.4, 0.5) is 21.7 Å². The SMILES string of the molecule is CCC(CC)Nc1nc(Nc2ccc(-c3cnc4cc(F)ccn34)c3c2C(=O)NC3)ccc1C1CCOC1. The van der Waals surface area contributed by atoms with Crippen molar-refractivity contribution in [3.63, 3.8) is 0 Å². The highest BCUT2D eigenvalue weighted by Crippen LogP contribution is 2.37. The summed E-state index contributed by atoms with van der Waals surface area (Å²) in [5.74, 6) is 1.38. The van der Waals surface area contributed by atoms with Crippen LogP contribution < -0.4 is 16.0 Å². The van der Waals surface area contributed by atoms with E-state index < -0.39 is 0 Å². The molecular weight excluding hydrogens is 483 g/mol. The van der Waals surface area contributed by atoms with E-state index in [0.717, 1.165) is 48.5 Å². The minimum Gasteiger partial charge on any atom is -0.381 e. The van der Waals surface area contributed by atoms with Gasteiger partial charge in [0.25, 0.3) is 5.91 Å². The molecule has 1 atom stereocenters. The molecule has 3 aromatic heterocycles. The van der Waals surface area contributed by atoms with Gasteiger partial charge < -0.3 is 20.7 Å². The van der Waals surface area contributed by atoms with Gasteiger partial charge in [0.1, 0.15) is 23.1 Å². The van der Waals surface area contributed by atoms with Crippen LogP contribution in [0, 0.1) is 5.82 Å². The lowest BCUT2D eigenvalue weighted by molar-refractivity contribution is 0.0966. The Labute approximate surface area is 220 Å². The Balaban J connectivity index is 1.37. The monoisotopic (exact) mass is 514 g/mol. The summed E-state index contributed by atoms with van der Waals surface area (Å²) >= 11 is 0. The maximum atomic E-state index is 13.7. The minimum absolute atomic E-state index is 0.140. The summed E-state index contributed by atoms with van der Waals surface area (Å²) in [5.41, 5.74) is 5.52. The van der Waals surface area contributed by atoms with E-state index in [1.54, 1.807) is 12.4 Å². The Morgan fingerprint density at radius 1 is 1.21 bits per heavy atom. The van der Waals surface area contributed by atoms with Crippen LogP contribution in [-0.2, 0) is 11.3 Å². The molecule has 0 aliphatic carbocycles. The molecule has 0 saturated carbocycles. The zero-order chi connectivity index (χ0) is 26.2. The van der Waals surface area contributed by atoms with E-state index in [1.165, 1.54) is 17.7 Å². The number of hydrogen-bond donors (Lipinski definition) is 3. The number of carbonyl (C=O) groups is 1. The molecule has 1 aromatic carbocycles. The van der Waals surface area contributed by atoms with Crippen molar-refractivity contribution in [2.45, 2.75) is 51.6 Å². The molecule has 1 unspecified atom stereocenters. The van der Waals surface area contributed by atoms with Crippen molar-refractivity contribution in [1.82, 2.24) is 19.7 Å². The number of rotatable bonds is 8. The number of carbonyl (C=O) groups excluding carboxylic acids is 1. The molecule has 3 N–H and O–H groups in total. The third kappa shape index (κ3) is 4.36. The third-order valence-electron chi connectivity index (χ3n) is 7.60. The molecule has 1 saturated heterocycles. The maximum absolute atomic E-state index is 13.7. The first-order valence-electron chi connectivity index (χ1n) is 13.2. The Morgan fingerprint density at radius 2 is 2.08 bits per heavy atom. The molecule has 1 amide bonds. The largest absolute Gasteiger partial charge is 0.381 e. The predicted molar refractivity (Wildman–Crippen MR) is 145 cm³/mol. The maximum Gasteiger partial charge on any atom is 0.254 e. The first-order chi connectivity index (χ1) is 18.6. The van der Waals surface area contributed by atoms with Crippen LogP contribution in [0.15, 0.2) is 48.8 Å². The highest BCUT2D eigenvalue weighted by molar-refractivity contribution is 6.06. The topological polar surface area (TPSA) is 92.6 Å². The average molecular weight is 515 g/mol. The summed E-state index contributed by atoms with van der Waals surface area (Å²) in [6.45, 7) is 6.22. The summed E-state index contributed by atoms with van der Waals surface area (Å²) in [7, 11) is 0. The molecule has 196 valence electrons. The molecule has 6 rings (SSSR count). The van der Waals surface area contributed by atoms with Gasteiger partial charge in [-0.2, -0.15) is 0 Å². The molecule has 4 aromatic rings. The molecule has 8 nitrogen and oxygen atoms in total. The summed E-state index contributed by atoms with van der Waals surface area (Å²) in [6, 6.07) is 11.1. The third-order valence-corrected chi connectivity index (χ3v) is 7.60. The molecule has 5 heterocycles. The average Bonchev–Trinajstić information content (AvgIpc) is 3.68. The molecule has 2 aliphatic rings. The van der Waals surface area contributed by atoms with Crippen molar-refractivity contribution >= 4 is 28.9 Å². The number of aromatic nitrogens is 3. The fraction of sp³-hybridized carbons (Fsp3) is 0.345. The molecule has 0 radical (unpaired) electrons. The number of imidazole rings is 1. The first-order valence-corrected chi connectivity index (χ1v) is 13.2. The van der Waals surface area contributed by atoms with Gasteiger partial charge in [-0.1, -0.05) is 26.0 Å². The Morgan fingerprint density at radius 3 is 2.87 bits per heavy atom. The molecule has 2 aliphatic heterocycles. The number of ether oxygens (including phenoxy) is 1. The number of hydrogen-bond acceptors (Lipinski definition) is 6. The standard InChI is InChI=1S/C29H31FN6O2/c1-3-19(4-2)33-28-20(17-10-12-38-16-17)6-8-25(35-28)34-23-7-5-21(22-14-32-29(37)27(22)23)24-15-31-26-13-18(30)9-11-36(24)26/h5-9,11,13,15,17,19H,3-4,10,12,14,16H2,1-2H3,(H,32,37)(H2,33,34,35). The van der Waals surface area contributed by atoms with Gasteiger partial charge in [-0.05, 0) is 43.0 Å². The van der Waals surface area contributed by atoms with Crippen LogP contribution in [-0.4, -0.2) is 39.5 Å². The van der Waals surface area contributed by atoms with Crippen molar-refractivity contribution in [1.29, 1.82) is 0 Å². The number of anilines is 3. The predicted octanol–water partition coefficient (Wildman–Crippen LogP) is 5.63. The van der Waals surface area contributed by atoms with Crippen LogP contribution in [0.1, 0.15) is 60.5 Å². The van der Waals surface area contributed by atoms with E-state index in [-0.39, 0.29) is 11.7 Å². The second-order valence-corrected chi connectivity index (χ2v) is 9.89. The van der Waals surface area contributed by atoms with Gasteiger partial charge in [0.05, 0.1) is 29.7 Å². The number of fused-ring (bicyclic) bond motifs is 2. The van der Waals surface area contributed by atoms with E-state index in [4.69, 9.17) is 9.72 Å². The van der Waals surface area contributed by atoms with Gasteiger partial charge >= 0.3 is 0 Å². The summed E-state index contributed by atoms with van der Waals surface area (Å²) in [6.07, 6.45) is 6.36. The number of nitrogens with zero attached hydrogens (tertiary/aromatic N) is 3. The number of pyridine rings is 2. The van der Waals surface area contributed by atoms with Gasteiger partial charge in [0.2, 0.25) is 0 Å². The lowest BCUT2D eigenvalue weighted by atomic mass is 9.98. The van der Waals surface area contributed by atoms with E-state index >= 15 is 0 Å². The highest BCUT2D eigenvalue weighted by Gasteiger charge is 2.28. The lowest BCUT2D eigenvalue weighted by Crippen LogP contribution is -2.20. The van der Waals surface area contributed by atoms with Crippen LogP contribution in [0.25, 0.3) is 16.9 Å². The van der Waals surface area contributed by atoms with Crippen molar-refractivity contribution < 1.29 is 13.9 Å². The quantitative estimate of drug-likeness (QED) is 0.282. The Bertz CT molecular complexity index is 1510. The number of amides is 1. The van der Waals surface area contributed by atoms with Crippen LogP contribution in [0.5, 0.6) is 0 Å². The summed E-state index contributed by atoms with van der Waals surface area (Å²) in [5, 5.41) is 10.00. The zero-order valence-corrected chi connectivity index (χ0v) is 21.6. The minimum atomic E-state index is -0.340. The fourth-order valence-corrected chi connectivity index (χ4v) is 5.44. The van der Waals surface area contributed by atoms with Crippen molar-refractivity contribution in [2.75, 3.05) is 23.8 Å². The molecule has 38 heavy (non-hydrogen) atoms. The highest BCUT2D eigenvalue weighted by atomic mass is 19.1. The van der Waals surface area contributed by atoms with Gasteiger partial charge in [0, 0.05) is 48.5 Å². The first kappa shape index (κ1) is 24.4. The van der Waals surface area contributed by atoms with Gasteiger partial charge in [-0.25, -0.2) is 14.4 Å². The normalized spacial score (nSPS) is 16.7. The molecule has 9 heteroatoms. The van der Waals surface area contributed by atoms with E-state index in [2.05, 4.69) is 40.8 Å². The van der Waals surface area contributed by atoms with E-state index in [0.29, 0.717) is 47.8 Å². The summed E-state index contributed by atoms with van der Waals surface area (Å²) < 4.78 is 21.2. The van der Waals surface area contributed by atoms with E-state index in [1.807, 2.05) is 22.6 Å². The number of benzene rings is 1. The van der Waals surface area contributed by atoms with Crippen molar-refractivity contribution in [2.24, 2.45) is 0 Å². The van der Waals surface area contributed by atoms with E-state index in [9.17, 15) is 9.18 Å². The fourth-order valence-electron chi connectivity index (χ4n) is 5.44. The zero-order valence-electron chi connectivity index (χ0n) is 21.6. The van der Waals surface area contributed by atoms with Crippen LogP contribution in [0.2, 0.25) is 0 Å². The van der Waals surface area contributed by atoms with Gasteiger partial charge in [0.15, 0.2) is 0 Å². The summed E-state index contributed by atoms with van der Waals surface area (Å²) in [4.78, 5) is 22.3. The van der Waals surface area contributed by atoms with Crippen LogP contribution in [0.3, 0.4) is 0 Å². The molecule has 0 bridgehead atoms. The van der Waals surface area contributed by atoms with Crippen molar-refractivity contribution in [3.8, 4) is 11.3 Å². The van der Waals surface area contributed by atoms with Crippen LogP contribution >= 0.6 is 0 Å². The molecule has 1 fully saturated rings. The molecular formula is C29H31FN6O2. The molecule has 0 spiro atoms. The van der Waals surface area contributed by atoms with Gasteiger partial charge in [-0.15, -0.1) is 0 Å². The Kier molecular flexibility index (Phi) is 6.45. The Hall–Kier alpha value is -3.98. The second-order valence-electron chi connectivity index (χ2n) is 9.89. The number of halogens is 1. The van der Waals surface area contributed by atoms with Crippen molar-refractivity contribution in [3.05, 3.63) is 71.3 Å². The lowest BCUT2D eigenvalue weighted by Gasteiger charge is -2.21. The number of nitrogens with one attached hydrogen (secondary N) is 3. The van der Waals surface area contributed by atoms with Gasteiger partial charge in [-0.3, -0.25) is 9.20 Å². The second kappa shape index (κ2) is 10.1.